The lowest BCUT2D eigenvalue weighted by molar-refractivity contribution is 0.0950. The predicted octanol–water partition coefficient (Wildman–Crippen LogP) is 3.38. The summed E-state index contributed by atoms with van der Waals surface area (Å²) in [7, 11) is 0. The molecular weight excluding hydrogens is 222 g/mol. The normalized spacial score (nSPS) is 18.1. The van der Waals surface area contributed by atoms with Crippen LogP contribution in [0.15, 0.2) is 48.8 Å². The third-order valence-electron chi connectivity index (χ3n) is 3.63. The first-order valence-corrected chi connectivity index (χ1v) is 6.38. The number of aromatic nitrogens is 1. The van der Waals surface area contributed by atoms with E-state index in [4.69, 9.17) is 0 Å². The van der Waals surface area contributed by atoms with Crippen molar-refractivity contribution in [3.8, 4) is 0 Å². The van der Waals surface area contributed by atoms with E-state index in [2.05, 4.69) is 23.2 Å². The van der Waals surface area contributed by atoms with Gasteiger partial charge in [-0.1, -0.05) is 24.3 Å². The average molecular weight is 237 g/mol. The van der Waals surface area contributed by atoms with Crippen molar-refractivity contribution < 1.29 is 4.79 Å². The van der Waals surface area contributed by atoms with E-state index in [0.29, 0.717) is 0 Å². The highest BCUT2D eigenvalue weighted by atomic mass is 16.1. The van der Waals surface area contributed by atoms with Gasteiger partial charge >= 0.3 is 0 Å². The molecule has 0 bridgehead atoms. The molecule has 0 aliphatic heterocycles. The summed E-state index contributed by atoms with van der Waals surface area (Å²) in [6.45, 7) is 0. The zero-order chi connectivity index (χ0) is 12.4. The SMILES string of the molecule is O=C(c1cccnc1)C1CCCc2ccccc21. The molecule has 3 rings (SSSR count). The number of rotatable bonds is 2. The third kappa shape index (κ3) is 1.94. The highest BCUT2D eigenvalue weighted by Crippen LogP contribution is 2.33. The van der Waals surface area contributed by atoms with Crippen molar-refractivity contribution in [3.63, 3.8) is 0 Å². The Morgan fingerprint density at radius 3 is 2.89 bits per heavy atom. The van der Waals surface area contributed by atoms with Crippen molar-refractivity contribution >= 4 is 5.78 Å². The van der Waals surface area contributed by atoms with E-state index in [-0.39, 0.29) is 11.7 Å². The molecule has 2 aromatic rings. The molecule has 2 heteroatoms. The summed E-state index contributed by atoms with van der Waals surface area (Å²) in [6.07, 6.45) is 6.50. The monoisotopic (exact) mass is 237 g/mol. The lowest BCUT2D eigenvalue weighted by Crippen LogP contribution is -2.18. The quantitative estimate of drug-likeness (QED) is 0.749. The molecule has 1 unspecified atom stereocenters. The summed E-state index contributed by atoms with van der Waals surface area (Å²) in [5.41, 5.74) is 3.25. The molecule has 1 heterocycles. The fraction of sp³-hybridized carbons (Fsp3) is 0.250. The number of hydrogen-bond acceptors (Lipinski definition) is 2. The molecule has 0 amide bonds. The number of pyridine rings is 1. The van der Waals surface area contributed by atoms with Gasteiger partial charge in [-0.3, -0.25) is 9.78 Å². The largest absolute Gasteiger partial charge is 0.293 e. The van der Waals surface area contributed by atoms with E-state index in [0.717, 1.165) is 24.8 Å². The Labute approximate surface area is 107 Å². The second kappa shape index (κ2) is 4.73. The zero-order valence-electron chi connectivity index (χ0n) is 10.2. The summed E-state index contributed by atoms with van der Waals surface area (Å²) in [6, 6.07) is 12.0. The summed E-state index contributed by atoms with van der Waals surface area (Å²) >= 11 is 0. The molecule has 0 spiro atoms. The summed E-state index contributed by atoms with van der Waals surface area (Å²) in [5, 5.41) is 0. The smallest absolute Gasteiger partial charge is 0.171 e. The van der Waals surface area contributed by atoms with Crippen LogP contribution in [0.2, 0.25) is 0 Å². The van der Waals surface area contributed by atoms with E-state index < -0.39 is 0 Å². The topological polar surface area (TPSA) is 30.0 Å². The van der Waals surface area contributed by atoms with Gasteiger partial charge in [0.25, 0.3) is 0 Å². The van der Waals surface area contributed by atoms with Crippen molar-refractivity contribution in [2.75, 3.05) is 0 Å². The summed E-state index contributed by atoms with van der Waals surface area (Å²) in [4.78, 5) is 16.6. The van der Waals surface area contributed by atoms with Gasteiger partial charge in [0.15, 0.2) is 5.78 Å². The van der Waals surface area contributed by atoms with Crippen LogP contribution in [0.3, 0.4) is 0 Å². The lowest BCUT2D eigenvalue weighted by atomic mass is 9.79. The summed E-state index contributed by atoms with van der Waals surface area (Å²) < 4.78 is 0. The van der Waals surface area contributed by atoms with Gasteiger partial charge in [-0.05, 0) is 42.5 Å². The summed E-state index contributed by atoms with van der Waals surface area (Å²) in [5.74, 6) is 0.217. The van der Waals surface area contributed by atoms with Gasteiger partial charge < -0.3 is 0 Å². The van der Waals surface area contributed by atoms with E-state index in [9.17, 15) is 4.79 Å². The number of carbonyl (C=O) groups excluding carboxylic acids is 1. The molecule has 1 aliphatic carbocycles. The highest BCUT2D eigenvalue weighted by Gasteiger charge is 2.26. The lowest BCUT2D eigenvalue weighted by Gasteiger charge is -2.24. The van der Waals surface area contributed by atoms with Crippen LogP contribution < -0.4 is 0 Å². The molecule has 18 heavy (non-hydrogen) atoms. The fourth-order valence-electron chi connectivity index (χ4n) is 2.74. The molecule has 90 valence electrons. The molecule has 0 fully saturated rings. The molecule has 0 saturated carbocycles. The number of hydrogen-bond donors (Lipinski definition) is 0. The number of nitrogens with zero attached hydrogens (tertiary/aromatic N) is 1. The van der Waals surface area contributed by atoms with Crippen LogP contribution in [0.1, 0.15) is 40.2 Å². The van der Waals surface area contributed by atoms with Crippen LogP contribution in [-0.2, 0) is 6.42 Å². The number of aryl methyl sites for hydroxylation is 1. The minimum absolute atomic E-state index is 0.0131. The van der Waals surface area contributed by atoms with Gasteiger partial charge in [-0.25, -0.2) is 0 Å². The van der Waals surface area contributed by atoms with E-state index >= 15 is 0 Å². The second-order valence-electron chi connectivity index (χ2n) is 4.75. The molecule has 1 aliphatic rings. The maximum absolute atomic E-state index is 12.5. The molecule has 1 aromatic heterocycles. The standard InChI is InChI=1S/C16H15NO/c18-16(13-7-4-10-17-11-13)15-9-3-6-12-5-1-2-8-14(12)15/h1-2,4-5,7-8,10-11,15H,3,6,9H2. The van der Waals surface area contributed by atoms with Crippen molar-refractivity contribution in [1.82, 2.24) is 4.98 Å². The first kappa shape index (κ1) is 11.1. The van der Waals surface area contributed by atoms with Gasteiger partial charge in [0, 0.05) is 23.9 Å². The minimum Gasteiger partial charge on any atom is -0.293 e. The first-order chi connectivity index (χ1) is 8.86. The second-order valence-corrected chi connectivity index (χ2v) is 4.75. The van der Waals surface area contributed by atoms with Gasteiger partial charge in [-0.2, -0.15) is 0 Å². The minimum atomic E-state index is 0.0131. The van der Waals surface area contributed by atoms with Gasteiger partial charge in [0.1, 0.15) is 0 Å². The van der Waals surface area contributed by atoms with Gasteiger partial charge in [0.2, 0.25) is 0 Å². The van der Waals surface area contributed by atoms with Crippen molar-refractivity contribution in [1.29, 1.82) is 0 Å². The van der Waals surface area contributed by atoms with Gasteiger partial charge in [0.05, 0.1) is 0 Å². The molecule has 2 nitrogen and oxygen atoms in total. The number of carbonyl (C=O) groups is 1. The Balaban J connectivity index is 1.97. The third-order valence-corrected chi connectivity index (χ3v) is 3.63. The Morgan fingerprint density at radius 1 is 1.17 bits per heavy atom. The molecular formula is C16H15NO. The molecule has 1 atom stereocenters. The zero-order valence-corrected chi connectivity index (χ0v) is 10.2. The van der Waals surface area contributed by atoms with Crippen LogP contribution >= 0.6 is 0 Å². The molecule has 0 N–H and O–H groups in total. The number of Topliss-reactive ketones (excluding diaryl/α,β-unsaturated/α-hetero) is 1. The molecule has 1 aromatic carbocycles. The van der Waals surface area contributed by atoms with E-state index in [1.165, 1.54) is 11.1 Å². The van der Waals surface area contributed by atoms with Crippen LogP contribution in [-0.4, -0.2) is 10.8 Å². The first-order valence-electron chi connectivity index (χ1n) is 6.38. The fourth-order valence-corrected chi connectivity index (χ4v) is 2.74. The number of ketones is 1. The predicted molar refractivity (Wildman–Crippen MR) is 70.7 cm³/mol. The van der Waals surface area contributed by atoms with Crippen molar-refractivity contribution in [2.45, 2.75) is 25.2 Å². The van der Waals surface area contributed by atoms with E-state index in [1.54, 1.807) is 12.4 Å². The van der Waals surface area contributed by atoms with Gasteiger partial charge in [-0.15, -0.1) is 0 Å². The van der Waals surface area contributed by atoms with Crippen molar-refractivity contribution in [3.05, 3.63) is 65.5 Å². The van der Waals surface area contributed by atoms with Crippen LogP contribution in [0.25, 0.3) is 0 Å². The Hall–Kier alpha value is -1.96. The maximum atomic E-state index is 12.5. The Kier molecular flexibility index (Phi) is 2.93. The Morgan fingerprint density at radius 2 is 2.06 bits per heavy atom. The van der Waals surface area contributed by atoms with Crippen LogP contribution in [0.5, 0.6) is 0 Å². The van der Waals surface area contributed by atoms with E-state index in [1.807, 2.05) is 18.2 Å². The van der Waals surface area contributed by atoms with Crippen molar-refractivity contribution in [2.24, 2.45) is 0 Å². The molecule has 0 saturated heterocycles. The maximum Gasteiger partial charge on any atom is 0.171 e. The Bertz CT molecular complexity index is 562. The number of fused-ring (bicyclic) bond motifs is 1. The number of benzene rings is 1. The molecule has 0 radical (unpaired) electrons. The van der Waals surface area contributed by atoms with Crippen LogP contribution in [0, 0.1) is 0 Å². The van der Waals surface area contributed by atoms with Crippen LogP contribution in [0.4, 0.5) is 0 Å². The highest BCUT2D eigenvalue weighted by molar-refractivity contribution is 6.01. The average Bonchev–Trinajstić information content (AvgIpc) is 2.47.